The Balaban J connectivity index is 2.41. The van der Waals surface area contributed by atoms with Gasteiger partial charge in [0.05, 0.1) is 0 Å². The van der Waals surface area contributed by atoms with Gasteiger partial charge in [0.25, 0.3) is 0 Å². The molecule has 1 saturated carbocycles. The third-order valence-electron chi connectivity index (χ3n) is 2.37. The van der Waals surface area contributed by atoms with Crippen LogP contribution in [-0.2, 0) is 0 Å². The molecule has 1 aliphatic rings. The molecule has 1 rings (SSSR count). The molecule has 0 aromatic rings. The molecule has 0 heterocycles. The van der Waals surface area contributed by atoms with E-state index in [1.54, 1.807) is 6.92 Å². The summed E-state index contributed by atoms with van der Waals surface area (Å²) < 4.78 is 13.3. The zero-order valence-corrected chi connectivity index (χ0v) is 6.94. The van der Waals surface area contributed by atoms with Crippen molar-refractivity contribution in [3.63, 3.8) is 0 Å². The maximum Gasteiger partial charge on any atom is 0.217 e. The summed E-state index contributed by atoms with van der Waals surface area (Å²) in [5.41, 5.74) is -0.992. The van der Waals surface area contributed by atoms with Crippen LogP contribution >= 0.6 is 0 Å². The Bertz CT molecular complexity index is 169. The fourth-order valence-electron chi connectivity index (χ4n) is 1.85. The van der Waals surface area contributed by atoms with Gasteiger partial charge in [-0.3, -0.25) is 0 Å². The lowest BCUT2D eigenvalue weighted by atomic mass is 9.80. The summed E-state index contributed by atoms with van der Waals surface area (Å²) in [6, 6.07) is 0. The zero-order valence-electron chi connectivity index (χ0n) is 6.94. The molecule has 62 valence electrons. The minimum atomic E-state index is -0.992. The predicted octanol–water partition coefficient (Wildman–Crippen LogP) is 2.82. The summed E-state index contributed by atoms with van der Waals surface area (Å²) in [5, 5.41) is 0. The molecular formula is C9H14FN. The van der Waals surface area contributed by atoms with Gasteiger partial charge in [-0.25, -0.2) is 11.0 Å². The molecule has 0 saturated heterocycles. The highest BCUT2D eigenvalue weighted by atomic mass is 19.1. The fourth-order valence-corrected chi connectivity index (χ4v) is 1.85. The van der Waals surface area contributed by atoms with Gasteiger partial charge in [-0.05, 0) is 32.6 Å². The SMILES string of the molecule is [C-]#[N+]CC1CCCC(C)(F)C1. The van der Waals surface area contributed by atoms with Gasteiger partial charge >= 0.3 is 0 Å². The van der Waals surface area contributed by atoms with E-state index in [9.17, 15) is 4.39 Å². The van der Waals surface area contributed by atoms with E-state index in [2.05, 4.69) is 4.85 Å². The zero-order chi connectivity index (χ0) is 8.32. The van der Waals surface area contributed by atoms with Gasteiger partial charge in [0.1, 0.15) is 5.67 Å². The highest BCUT2D eigenvalue weighted by Crippen LogP contribution is 2.34. The lowest BCUT2D eigenvalue weighted by molar-refractivity contribution is 0.0994. The largest absolute Gasteiger partial charge is 0.317 e. The molecule has 0 bridgehead atoms. The first-order valence-electron chi connectivity index (χ1n) is 4.16. The second-order valence-corrected chi connectivity index (χ2v) is 3.72. The van der Waals surface area contributed by atoms with E-state index in [4.69, 9.17) is 6.57 Å². The molecule has 0 radical (unpaired) electrons. The first-order valence-corrected chi connectivity index (χ1v) is 4.16. The van der Waals surface area contributed by atoms with E-state index >= 15 is 0 Å². The van der Waals surface area contributed by atoms with Crippen LogP contribution in [0.4, 0.5) is 4.39 Å². The van der Waals surface area contributed by atoms with Crippen molar-refractivity contribution in [2.75, 3.05) is 6.54 Å². The lowest BCUT2D eigenvalue weighted by Gasteiger charge is -2.29. The lowest BCUT2D eigenvalue weighted by Crippen LogP contribution is -2.28. The Labute approximate surface area is 67.4 Å². The molecular weight excluding hydrogens is 141 g/mol. The van der Waals surface area contributed by atoms with Gasteiger partial charge in [-0.2, -0.15) is 0 Å². The van der Waals surface area contributed by atoms with Gasteiger partial charge in [0.2, 0.25) is 6.54 Å². The number of hydrogen-bond acceptors (Lipinski definition) is 0. The smallest absolute Gasteiger partial charge is 0.217 e. The third kappa shape index (κ3) is 2.49. The molecule has 0 aromatic heterocycles. The van der Waals surface area contributed by atoms with Crippen molar-refractivity contribution in [1.29, 1.82) is 0 Å². The van der Waals surface area contributed by atoms with Crippen LogP contribution in [0.5, 0.6) is 0 Å². The highest BCUT2D eigenvalue weighted by Gasteiger charge is 2.32. The van der Waals surface area contributed by atoms with Gasteiger partial charge in [-0.15, -0.1) is 0 Å². The van der Waals surface area contributed by atoms with Crippen LogP contribution in [0.25, 0.3) is 4.85 Å². The highest BCUT2D eigenvalue weighted by molar-refractivity contribution is 4.85. The first kappa shape index (κ1) is 8.52. The average Bonchev–Trinajstić information content (AvgIpc) is 1.85. The van der Waals surface area contributed by atoms with E-state index in [0.717, 1.165) is 12.8 Å². The molecule has 1 nitrogen and oxygen atoms in total. The van der Waals surface area contributed by atoms with Crippen molar-refractivity contribution >= 4 is 0 Å². The maximum absolute atomic E-state index is 13.3. The van der Waals surface area contributed by atoms with Crippen LogP contribution in [-0.4, -0.2) is 12.2 Å². The molecule has 0 aliphatic heterocycles. The van der Waals surface area contributed by atoms with Gasteiger partial charge in [0.15, 0.2) is 0 Å². The molecule has 0 spiro atoms. The second kappa shape index (κ2) is 3.21. The van der Waals surface area contributed by atoms with Crippen molar-refractivity contribution in [2.45, 2.75) is 38.3 Å². The van der Waals surface area contributed by atoms with Crippen molar-refractivity contribution in [3.8, 4) is 0 Å². The van der Waals surface area contributed by atoms with Crippen LogP contribution in [0, 0.1) is 12.5 Å². The Morgan fingerprint density at radius 3 is 3.00 bits per heavy atom. The molecule has 1 fully saturated rings. The van der Waals surface area contributed by atoms with Crippen molar-refractivity contribution in [1.82, 2.24) is 0 Å². The Hall–Kier alpha value is -0.580. The summed E-state index contributed by atoms with van der Waals surface area (Å²) in [6.07, 6.45) is 3.27. The summed E-state index contributed by atoms with van der Waals surface area (Å²) in [5.74, 6) is 0.316. The minimum absolute atomic E-state index is 0.316. The summed E-state index contributed by atoms with van der Waals surface area (Å²) in [4.78, 5) is 3.31. The molecule has 11 heavy (non-hydrogen) atoms. The quantitative estimate of drug-likeness (QED) is 0.513. The molecule has 2 unspecified atom stereocenters. The van der Waals surface area contributed by atoms with E-state index in [1.165, 1.54) is 0 Å². The van der Waals surface area contributed by atoms with Crippen LogP contribution in [0.3, 0.4) is 0 Å². The van der Waals surface area contributed by atoms with Crippen LogP contribution < -0.4 is 0 Å². The number of rotatable bonds is 1. The van der Waals surface area contributed by atoms with Crippen molar-refractivity contribution in [2.24, 2.45) is 5.92 Å². The molecule has 0 amide bonds. The third-order valence-corrected chi connectivity index (χ3v) is 2.37. The maximum atomic E-state index is 13.3. The van der Waals surface area contributed by atoms with Crippen LogP contribution in [0.2, 0.25) is 0 Å². The normalized spacial score (nSPS) is 38.1. The number of halogens is 1. The van der Waals surface area contributed by atoms with E-state index in [-0.39, 0.29) is 0 Å². The Kier molecular flexibility index (Phi) is 2.49. The fraction of sp³-hybridized carbons (Fsp3) is 0.889. The number of hydrogen-bond donors (Lipinski definition) is 0. The second-order valence-electron chi connectivity index (χ2n) is 3.72. The van der Waals surface area contributed by atoms with Crippen LogP contribution in [0.1, 0.15) is 32.6 Å². The van der Waals surface area contributed by atoms with Gasteiger partial charge in [-0.1, -0.05) is 0 Å². The van der Waals surface area contributed by atoms with E-state index < -0.39 is 5.67 Å². The minimum Gasteiger partial charge on any atom is -0.317 e. The van der Waals surface area contributed by atoms with Gasteiger partial charge < -0.3 is 4.85 Å². The Morgan fingerprint density at radius 1 is 1.73 bits per heavy atom. The van der Waals surface area contributed by atoms with Crippen molar-refractivity contribution < 1.29 is 4.39 Å². The number of nitrogens with zero attached hydrogens (tertiary/aromatic N) is 1. The standard InChI is InChI=1S/C9H14FN/c1-9(10)5-3-4-8(6-9)7-11-2/h8H,3-7H2,1H3. The van der Waals surface area contributed by atoms with Gasteiger partial charge in [0, 0.05) is 5.92 Å². The molecule has 1 aliphatic carbocycles. The van der Waals surface area contributed by atoms with E-state index in [1.807, 2.05) is 0 Å². The summed E-state index contributed by atoms with van der Waals surface area (Å²) >= 11 is 0. The monoisotopic (exact) mass is 155 g/mol. The summed E-state index contributed by atoms with van der Waals surface area (Å²) in [7, 11) is 0. The Morgan fingerprint density at radius 2 is 2.45 bits per heavy atom. The topological polar surface area (TPSA) is 4.36 Å². The molecule has 2 atom stereocenters. The average molecular weight is 155 g/mol. The van der Waals surface area contributed by atoms with Crippen LogP contribution in [0.15, 0.2) is 0 Å². The molecule has 2 heteroatoms. The molecule has 0 N–H and O–H groups in total. The summed E-state index contributed by atoms with van der Waals surface area (Å²) in [6.45, 7) is 8.84. The molecule has 0 aromatic carbocycles. The first-order chi connectivity index (χ1) is 5.14. The van der Waals surface area contributed by atoms with Crippen molar-refractivity contribution in [3.05, 3.63) is 11.4 Å². The predicted molar refractivity (Wildman–Crippen MR) is 42.9 cm³/mol. The number of alkyl halides is 1. The van der Waals surface area contributed by atoms with E-state index in [0.29, 0.717) is 25.3 Å².